The lowest BCUT2D eigenvalue weighted by molar-refractivity contribution is -0.123. The van der Waals surface area contributed by atoms with Crippen LogP contribution in [0, 0.1) is 11.2 Å². The van der Waals surface area contributed by atoms with Crippen molar-refractivity contribution in [3.05, 3.63) is 63.9 Å². The maximum Gasteiger partial charge on any atom is 0.405 e. The smallest absolute Gasteiger partial charge is 0.384 e. The van der Waals surface area contributed by atoms with Crippen LogP contribution < -0.4 is 10.6 Å². The summed E-state index contributed by atoms with van der Waals surface area (Å²) >= 11 is 18.5. The zero-order valence-corrected chi connectivity index (χ0v) is 19.1. The Bertz CT molecular complexity index is 1110. The molecule has 0 aliphatic heterocycles. The molecule has 0 aromatic heterocycles. The number of hydrogen-bond acceptors (Lipinski definition) is 3. The summed E-state index contributed by atoms with van der Waals surface area (Å²) in [6.07, 6.45) is -7.27. The van der Waals surface area contributed by atoms with Gasteiger partial charge in [-0.25, -0.2) is 13.2 Å². The first-order valence-electron chi connectivity index (χ1n) is 9.53. The number of amides is 1. The van der Waals surface area contributed by atoms with E-state index in [1.165, 1.54) is 24.3 Å². The highest BCUT2D eigenvalue weighted by Crippen LogP contribution is 2.73. The van der Waals surface area contributed by atoms with Gasteiger partial charge in [0.05, 0.1) is 21.6 Å². The highest BCUT2D eigenvalue weighted by molar-refractivity contribution is 6.54. The lowest BCUT2D eigenvalue weighted by Gasteiger charge is -2.15. The number of hydrogen-bond donors (Lipinski definition) is 2. The van der Waals surface area contributed by atoms with Crippen LogP contribution in [-0.4, -0.2) is 35.8 Å². The Hall–Kier alpha value is -2.17. The van der Waals surface area contributed by atoms with Gasteiger partial charge in [0, 0.05) is 18.2 Å². The largest absolute Gasteiger partial charge is 0.405 e. The van der Waals surface area contributed by atoms with Gasteiger partial charge in [0.2, 0.25) is 0 Å². The fraction of sp³-hybridized carbons (Fsp3) is 0.333. The van der Waals surface area contributed by atoms with Crippen molar-refractivity contribution in [2.75, 3.05) is 18.4 Å². The van der Waals surface area contributed by atoms with Crippen LogP contribution in [0.4, 0.5) is 32.0 Å². The Morgan fingerprint density at radius 1 is 1.15 bits per heavy atom. The van der Waals surface area contributed by atoms with Crippen LogP contribution in [0.3, 0.4) is 0 Å². The van der Waals surface area contributed by atoms with E-state index >= 15 is 0 Å². The minimum atomic E-state index is -4.62. The molecule has 2 N–H and O–H groups in total. The van der Waals surface area contributed by atoms with Crippen LogP contribution in [0.5, 0.6) is 0 Å². The molecule has 0 saturated heterocycles. The first-order valence-corrected chi connectivity index (χ1v) is 10.7. The summed E-state index contributed by atoms with van der Waals surface area (Å²) in [5.41, 5.74) is -2.31. The van der Waals surface area contributed by atoms with Crippen molar-refractivity contribution in [1.29, 1.82) is 0 Å². The molecule has 184 valence electrons. The molecule has 1 aliphatic carbocycles. The van der Waals surface area contributed by atoms with Crippen molar-refractivity contribution >= 4 is 52.7 Å². The summed E-state index contributed by atoms with van der Waals surface area (Å²) in [5, 5.41) is 4.39. The predicted octanol–water partition coefficient (Wildman–Crippen LogP) is 6.28. The standard InChI is InChI=1S/C21H15Cl3F6N2O2/c22-14-3-2-11(6-12(14)18(34)32-8-20(28,29)30)31-7-19(9-33)16(21(19,23)24)10-1-4-15(25)13(5-10)17(26)27/h1-6,9,16-17,31H,7-8H2,(H,32,34). The lowest BCUT2D eigenvalue weighted by Crippen LogP contribution is -2.33. The zero-order valence-electron chi connectivity index (χ0n) is 16.8. The molecule has 2 aromatic rings. The van der Waals surface area contributed by atoms with Crippen LogP contribution in [0.15, 0.2) is 36.4 Å². The molecule has 0 radical (unpaired) electrons. The first kappa shape index (κ1) is 26.4. The highest BCUT2D eigenvalue weighted by Gasteiger charge is 2.76. The predicted molar refractivity (Wildman–Crippen MR) is 115 cm³/mol. The van der Waals surface area contributed by atoms with E-state index in [0.29, 0.717) is 6.29 Å². The quantitative estimate of drug-likeness (QED) is 0.232. The van der Waals surface area contributed by atoms with Gasteiger partial charge < -0.3 is 15.4 Å². The Morgan fingerprint density at radius 3 is 2.41 bits per heavy atom. The van der Waals surface area contributed by atoms with E-state index in [0.717, 1.165) is 12.1 Å². The average Bonchev–Trinajstić information content (AvgIpc) is 3.25. The molecule has 0 heterocycles. The van der Waals surface area contributed by atoms with Gasteiger partial charge in [0.1, 0.15) is 23.0 Å². The van der Waals surface area contributed by atoms with Crippen LogP contribution in [0.1, 0.15) is 33.8 Å². The second-order valence-corrected chi connectivity index (χ2v) is 9.43. The summed E-state index contributed by atoms with van der Waals surface area (Å²) < 4.78 is 75.2. The molecule has 1 aliphatic rings. The molecule has 1 amide bonds. The van der Waals surface area contributed by atoms with Gasteiger partial charge in [0.15, 0.2) is 0 Å². The third-order valence-electron chi connectivity index (χ3n) is 5.46. The lowest BCUT2D eigenvalue weighted by atomic mass is 9.98. The molecule has 2 atom stereocenters. The fourth-order valence-corrected chi connectivity index (χ4v) is 4.81. The average molecular weight is 548 g/mol. The maximum atomic E-state index is 13.7. The van der Waals surface area contributed by atoms with Gasteiger partial charge in [0.25, 0.3) is 12.3 Å². The minimum Gasteiger partial charge on any atom is -0.384 e. The van der Waals surface area contributed by atoms with Gasteiger partial charge in [-0.05, 0) is 35.9 Å². The molecule has 0 spiro atoms. The van der Waals surface area contributed by atoms with E-state index in [9.17, 15) is 35.9 Å². The summed E-state index contributed by atoms with van der Waals surface area (Å²) in [6, 6.07) is 6.74. The number of rotatable bonds is 8. The number of anilines is 1. The molecule has 1 fully saturated rings. The van der Waals surface area contributed by atoms with Gasteiger partial charge in [-0.2, -0.15) is 13.2 Å². The van der Waals surface area contributed by atoms with Crippen LogP contribution in [0.2, 0.25) is 5.02 Å². The Labute approximate surface area is 204 Å². The third-order valence-corrected chi connectivity index (χ3v) is 6.93. The second kappa shape index (κ2) is 9.47. The molecule has 2 aromatic carbocycles. The molecular weight excluding hydrogens is 533 g/mol. The van der Waals surface area contributed by atoms with E-state index in [1.54, 1.807) is 5.32 Å². The van der Waals surface area contributed by atoms with E-state index in [4.69, 9.17) is 34.8 Å². The van der Waals surface area contributed by atoms with Crippen LogP contribution >= 0.6 is 34.8 Å². The van der Waals surface area contributed by atoms with Gasteiger partial charge in [-0.15, -0.1) is 0 Å². The molecule has 34 heavy (non-hydrogen) atoms. The number of alkyl halides is 7. The molecule has 3 rings (SSSR count). The number of carbonyl (C=O) groups is 2. The number of benzene rings is 2. The van der Waals surface area contributed by atoms with Gasteiger partial charge >= 0.3 is 6.18 Å². The third kappa shape index (κ3) is 5.08. The molecule has 0 bridgehead atoms. The van der Waals surface area contributed by atoms with Crippen molar-refractivity contribution in [2.45, 2.75) is 22.9 Å². The van der Waals surface area contributed by atoms with Crippen molar-refractivity contribution in [3.63, 3.8) is 0 Å². The highest BCUT2D eigenvalue weighted by atomic mass is 35.5. The van der Waals surface area contributed by atoms with Crippen LogP contribution in [0.25, 0.3) is 0 Å². The summed E-state index contributed by atoms with van der Waals surface area (Å²) in [5.74, 6) is -3.16. The summed E-state index contributed by atoms with van der Waals surface area (Å²) in [6.45, 7) is -1.80. The zero-order chi connectivity index (χ0) is 25.5. The molecule has 1 saturated carbocycles. The molecular formula is C21H15Cl3F6N2O2. The van der Waals surface area contributed by atoms with Gasteiger partial charge in [-0.1, -0.05) is 40.9 Å². The Balaban J connectivity index is 1.81. The SMILES string of the molecule is O=CC1(CNc2ccc(Cl)c(C(=O)NCC(F)(F)F)c2)C(c2ccc(F)c(C(F)F)c2)C1(Cl)Cl. The van der Waals surface area contributed by atoms with Crippen LogP contribution in [-0.2, 0) is 4.79 Å². The number of aldehydes is 1. The number of carbonyl (C=O) groups excluding carboxylic acids is 2. The summed E-state index contributed by atoms with van der Waals surface area (Å²) in [7, 11) is 0. The molecule has 2 unspecified atom stereocenters. The van der Waals surface area contributed by atoms with E-state index in [-0.39, 0.29) is 28.4 Å². The van der Waals surface area contributed by atoms with Crippen molar-refractivity contribution in [2.24, 2.45) is 5.41 Å². The van der Waals surface area contributed by atoms with Crippen molar-refractivity contribution in [3.8, 4) is 0 Å². The van der Waals surface area contributed by atoms with Gasteiger partial charge in [-0.3, -0.25) is 4.79 Å². The number of halogens is 9. The van der Waals surface area contributed by atoms with E-state index in [1.807, 2.05) is 0 Å². The maximum absolute atomic E-state index is 13.7. The topological polar surface area (TPSA) is 58.2 Å². The number of nitrogens with one attached hydrogen (secondary N) is 2. The first-order chi connectivity index (χ1) is 15.7. The van der Waals surface area contributed by atoms with E-state index in [2.05, 4.69) is 5.32 Å². The van der Waals surface area contributed by atoms with E-state index < -0.39 is 52.1 Å². The van der Waals surface area contributed by atoms with Crippen molar-refractivity contribution in [1.82, 2.24) is 5.32 Å². The normalized spacial score (nSPS) is 21.3. The van der Waals surface area contributed by atoms with Crippen molar-refractivity contribution < 1.29 is 35.9 Å². The second-order valence-electron chi connectivity index (χ2n) is 7.64. The molecule has 13 heteroatoms. The Morgan fingerprint density at radius 2 is 1.82 bits per heavy atom. The monoisotopic (exact) mass is 546 g/mol. The Kier molecular flexibility index (Phi) is 7.36. The molecule has 4 nitrogen and oxygen atoms in total. The fourth-order valence-electron chi connectivity index (χ4n) is 3.63. The summed E-state index contributed by atoms with van der Waals surface area (Å²) in [4.78, 5) is 24.1. The minimum absolute atomic E-state index is 0.116.